The summed E-state index contributed by atoms with van der Waals surface area (Å²) >= 11 is 0. The van der Waals surface area contributed by atoms with Gasteiger partial charge in [0.1, 0.15) is 0 Å². The van der Waals surface area contributed by atoms with Crippen LogP contribution in [0.4, 0.5) is 0 Å². The van der Waals surface area contributed by atoms with E-state index in [9.17, 15) is 0 Å². The molecule has 84 valence electrons. The highest BCUT2D eigenvalue weighted by Gasteiger charge is 2.30. The van der Waals surface area contributed by atoms with E-state index in [2.05, 4.69) is 45.3 Å². The minimum atomic E-state index is 0.327. The van der Waals surface area contributed by atoms with Gasteiger partial charge in [-0.2, -0.15) is 0 Å². The van der Waals surface area contributed by atoms with Gasteiger partial charge in [0.05, 0.1) is 0 Å². The SMILES string of the molecule is CCC(C)(C)CNC1CNC(C)(C)C1. The van der Waals surface area contributed by atoms with Gasteiger partial charge >= 0.3 is 0 Å². The molecule has 1 saturated heterocycles. The van der Waals surface area contributed by atoms with Crippen molar-refractivity contribution in [1.82, 2.24) is 10.6 Å². The summed E-state index contributed by atoms with van der Waals surface area (Å²) < 4.78 is 0. The third kappa shape index (κ3) is 3.58. The molecule has 2 nitrogen and oxygen atoms in total. The van der Waals surface area contributed by atoms with E-state index in [1.165, 1.54) is 12.8 Å². The molecule has 1 rings (SSSR count). The highest BCUT2D eigenvalue weighted by atomic mass is 15.1. The van der Waals surface area contributed by atoms with E-state index in [0.717, 1.165) is 13.1 Å². The first-order valence-corrected chi connectivity index (χ1v) is 5.83. The zero-order valence-corrected chi connectivity index (χ0v) is 10.4. The van der Waals surface area contributed by atoms with Crippen molar-refractivity contribution in [3.63, 3.8) is 0 Å². The average molecular weight is 198 g/mol. The predicted molar refractivity (Wildman–Crippen MR) is 62.6 cm³/mol. The first-order chi connectivity index (χ1) is 6.35. The van der Waals surface area contributed by atoms with Gasteiger partial charge in [0.25, 0.3) is 0 Å². The van der Waals surface area contributed by atoms with Crippen molar-refractivity contribution >= 4 is 0 Å². The summed E-state index contributed by atoms with van der Waals surface area (Å²) in [6, 6.07) is 0.663. The molecule has 1 aliphatic heterocycles. The Morgan fingerprint density at radius 2 is 2.07 bits per heavy atom. The Kier molecular flexibility index (Phi) is 3.59. The lowest BCUT2D eigenvalue weighted by atomic mass is 9.90. The topological polar surface area (TPSA) is 24.1 Å². The number of nitrogens with one attached hydrogen (secondary N) is 2. The van der Waals surface area contributed by atoms with Crippen LogP contribution in [0.25, 0.3) is 0 Å². The first kappa shape index (κ1) is 12.0. The van der Waals surface area contributed by atoms with Crippen LogP contribution in [0.2, 0.25) is 0 Å². The molecule has 2 heteroatoms. The largest absolute Gasteiger partial charge is 0.312 e. The van der Waals surface area contributed by atoms with Crippen molar-refractivity contribution in [3.8, 4) is 0 Å². The minimum Gasteiger partial charge on any atom is -0.312 e. The molecule has 0 bridgehead atoms. The van der Waals surface area contributed by atoms with Gasteiger partial charge < -0.3 is 10.6 Å². The lowest BCUT2D eigenvalue weighted by Crippen LogP contribution is -2.37. The van der Waals surface area contributed by atoms with Crippen LogP contribution < -0.4 is 10.6 Å². The van der Waals surface area contributed by atoms with E-state index >= 15 is 0 Å². The van der Waals surface area contributed by atoms with E-state index in [-0.39, 0.29) is 0 Å². The molecule has 1 heterocycles. The fourth-order valence-electron chi connectivity index (χ4n) is 1.85. The van der Waals surface area contributed by atoms with Crippen molar-refractivity contribution in [2.24, 2.45) is 5.41 Å². The van der Waals surface area contributed by atoms with Crippen LogP contribution in [0.1, 0.15) is 47.5 Å². The molecule has 0 amide bonds. The standard InChI is InChI=1S/C12H26N2/c1-6-11(2,3)9-13-10-7-12(4,5)14-8-10/h10,13-14H,6-9H2,1-5H3. The number of rotatable bonds is 4. The smallest absolute Gasteiger partial charge is 0.0210 e. The predicted octanol–water partition coefficient (Wildman–Crippen LogP) is 2.15. The maximum absolute atomic E-state index is 3.67. The van der Waals surface area contributed by atoms with Gasteiger partial charge in [0.2, 0.25) is 0 Å². The molecule has 1 fully saturated rings. The Morgan fingerprint density at radius 3 is 2.50 bits per heavy atom. The lowest BCUT2D eigenvalue weighted by Gasteiger charge is -2.25. The highest BCUT2D eigenvalue weighted by molar-refractivity contribution is 4.93. The molecule has 0 aromatic heterocycles. The summed E-state index contributed by atoms with van der Waals surface area (Å²) in [6.07, 6.45) is 2.48. The van der Waals surface area contributed by atoms with Crippen LogP contribution >= 0.6 is 0 Å². The molecule has 0 saturated carbocycles. The minimum absolute atomic E-state index is 0.327. The zero-order valence-electron chi connectivity index (χ0n) is 10.4. The third-order valence-electron chi connectivity index (χ3n) is 3.41. The summed E-state index contributed by atoms with van der Waals surface area (Å²) in [7, 11) is 0. The van der Waals surface area contributed by atoms with Crippen molar-refractivity contribution in [1.29, 1.82) is 0 Å². The zero-order chi connectivity index (χ0) is 10.8. The second-order valence-corrected chi connectivity index (χ2v) is 6.06. The van der Waals surface area contributed by atoms with E-state index in [1.807, 2.05) is 0 Å². The quantitative estimate of drug-likeness (QED) is 0.723. The van der Waals surface area contributed by atoms with Crippen molar-refractivity contribution in [2.45, 2.75) is 59.0 Å². The van der Waals surface area contributed by atoms with Crippen LogP contribution in [0, 0.1) is 5.41 Å². The molecule has 0 radical (unpaired) electrons. The van der Waals surface area contributed by atoms with E-state index in [0.29, 0.717) is 17.0 Å². The van der Waals surface area contributed by atoms with Crippen molar-refractivity contribution < 1.29 is 0 Å². The summed E-state index contributed by atoms with van der Waals surface area (Å²) in [5.74, 6) is 0. The molecule has 0 spiro atoms. The van der Waals surface area contributed by atoms with Crippen LogP contribution in [-0.4, -0.2) is 24.7 Å². The second kappa shape index (κ2) is 4.19. The number of hydrogen-bond donors (Lipinski definition) is 2. The monoisotopic (exact) mass is 198 g/mol. The Bertz CT molecular complexity index is 185. The molecule has 0 aromatic rings. The Balaban J connectivity index is 2.27. The van der Waals surface area contributed by atoms with Crippen molar-refractivity contribution in [3.05, 3.63) is 0 Å². The van der Waals surface area contributed by atoms with Gasteiger partial charge in [-0.1, -0.05) is 20.8 Å². The Morgan fingerprint density at radius 1 is 1.43 bits per heavy atom. The van der Waals surface area contributed by atoms with Gasteiger partial charge in [-0.05, 0) is 32.1 Å². The van der Waals surface area contributed by atoms with E-state index in [4.69, 9.17) is 0 Å². The third-order valence-corrected chi connectivity index (χ3v) is 3.41. The van der Waals surface area contributed by atoms with Crippen molar-refractivity contribution in [2.75, 3.05) is 13.1 Å². The maximum atomic E-state index is 3.67. The second-order valence-electron chi connectivity index (χ2n) is 6.06. The van der Waals surface area contributed by atoms with Gasteiger partial charge in [0.15, 0.2) is 0 Å². The van der Waals surface area contributed by atoms with Crippen LogP contribution in [0.5, 0.6) is 0 Å². The normalized spacial score (nSPS) is 26.8. The fraction of sp³-hybridized carbons (Fsp3) is 1.00. The molecule has 0 aliphatic carbocycles. The molecular formula is C12H26N2. The molecule has 2 N–H and O–H groups in total. The van der Waals surface area contributed by atoms with Gasteiger partial charge in [0, 0.05) is 24.7 Å². The highest BCUT2D eigenvalue weighted by Crippen LogP contribution is 2.21. The van der Waals surface area contributed by atoms with Crippen LogP contribution in [0.15, 0.2) is 0 Å². The molecule has 14 heavy (non-hydrogen) atoms. The molecule has 0 aromatic carbocycles. The van der Waals surface area contributed by atoms with E-state index < -0.39 is 0 Å². The summed E-state index contributed by atoms with van der Waals surface area (Å²) in [4.78, 5) is 0. The molecular weight excluding hydrogens is 172 g/mol. The van der Waals surface area contributed by atoms with Crippen LogP contribution in [-0.2, 0) is 0 Å². The van der Waals surface area contributed by atoms with Gasteiger partial charge in [-0.25, -0.2) is 0 Å². The Labute approximate surface area is 88.8 Å². The first-order valence-electron chi connectivity index (χ1n) is 5.83. The molecule has 1 atom stereocenters. The number of hydrogen-bond acceptors (Lipinski definition) is 2. The van der Waals surface area contributed by atoms with Crippen LogP contribution in [0.3, 0.4) is 0 Å². The van der Waals surface area contributed by atoms with Gasteiger partial charge in [-0.15, -0.1) is 0 Å². The van der Waals surface area contributed by atoms with E-state index in [1.54, 1.807) is 0 Å². The average Bonchev–Trinajstić information content (AvgIpc) is 2.43. The molecule has 1 unspecified atom stereocenters. The fourth-order valence-corrected chi connectivity index (χ4v) is 1.85. The lowest BCUT2D eigenvalue weighted by molar-refractivity contribution is 0.309. The summed E-state index contributed by atoms with van der Waals surface area (Å²) in [5, 5.41) is 7.20. The Hall–Kier alpha value is -0.0800. The van der Waals surface area contributed by atoms with Gasteiger partial charge in [-0.3, -0.25) is 0 Å². The summed E-state index contributed by atoms with van der Waals surface area (Å²) in [5.41, 5.74) is 0.765. The summed E-state index contributed by atoms with van der Waals surface area (Å²) in [6.45, 7) is 13.7. The maximum Gasteiger partial charge on any atom is 0.0210 e. The molecule has 1 aliphatic rings.